The fourth-order valence-electron chi connectivity index (χ4n) is 2.61. The van der Waals surface area contributed by atoms with Crippen molar-refractivity contribution in [1.29, 1.82) is 0 Å². The molecule has 0 aliphatic carbocycles. The van der Waals surface area contributed by atoms with Crippen LogP contribution in [-0.4, -0.2) is 23.6 Å². The first-order valence-corrected chi connectivity index (χ1v) is 7.49. The Morgan fingerprint density at radius 1 is 1.09 bits per heavy atom. The zero-order valence-electron chi connectivity index (χ0n) is 12.5. The van der Waals surface area contributed by atoms with Crippen molar-refractivity contribution in [3.05, 3.63) is 53.6 Å². The molecule has 1 aliphatic rings. The summed E-state index contributed by atoms with van der Waals surface area (Å²) in [4.78, 5) is 21.5. The smallest absolute Gasteiger partial charge is 0.394 e. The molecule has 118 valence electrons. The first-order valence-electron chi connectivity index (χ1n) is 7.49. The van der Waals surface area contributed by atoms with Gasteiger partial charge in [0.05, 0.1) is 6.61 Å². The highest BCUT2D eigenvalue weighted by atomic mass is 16.5. The number of carboxylic acids is 1. The summed E-state index contributed by atoms with van der Waals surface area (Å²) in [5, 5.41) is 10.9. The third kappa shape index (κ3) is 3.51. The highest BCUT2D eigenvalue weighted by molar-refractivity contribution is 6.31. The van der Waals surface area contributed by atoms with Crippen molar-refractivity contribution in [2.45, 2.75) is 19.4 Å². The minimum Gasteiger partial charge on any atom is -0.493 e. The van der Waals surface area contributed by atoms with Crippen LogP contribution in [0.15, 0.2) is 42.5 Å². The zero-order valence-corrected chi connectivity index (χ0v) is 12.5. The summed E-state index contributed by atoms with van der Waals surface area (Å²) in [5.74, 6) is -1.50. The molecule has 5 nitrogen and oxygen atoms in total. The van der Waals surface area contributed by atoms with Gasteiger partial charge >= 0.3 is 11.9 Å². The van der Waals surface area contributed by atoms with Crippen molar-refractivity contribution in [3.63, 3.8) is 0 Å². The zero-order chi connectivity index (χ0) is 16.2. The van der Waals surface area contributed by atoms with Gasteiger partial charge < -0.3 is 15.2 Å². The summed E-state index contributed by atoms with van der Waals surface area (Å²) in [6.07, 6.45) is 2.07. The van der Waals surface area contributed by atoms with Crippen LogP contribution >= 0.6 is 0 Å². The third-order valence-electron chi connectivity index (χ3n) is 3.84. The van der Waals surface area contributed by atoms with E-state index >= 15 is 0 Å². The van der Waals surface area contributed by atoms with E-state index in [4.69, 9.17) is 9.84 Å². The van der Waals surface area contributed by atoms with E-state index in [0.717, 1.165) is 41.9 Å². The van der Waals surface area contributed by atoms with Crippen LogP contribution in [0.25, 0.3) is 11.1 Å². The van der Waals surface area contributed by atoms with Crippen molar-refractivity contribution < 1.29 is 19.4 Å². The minimum atomic E-state index is -1.47. The van der Waals surface area contributed by atoms with Gasteiger partial charge in [0.15, 0.2) is 0 Å². The highest BCUT2D eigenvalue weighted by Crippen LogP contribution is 2.30. The van der Waals surface area contributed by atoms with E-state index in [0.29, 0.717) is 0 Å². The molecule has 0 unspecified atom stereocenters. The number of aryl methyl sites for hydroxylation is 1. The molecule has 0 saturated carbocycles. The largest absolute Gasteiger partial charge is 0.493 e. The monoisotopic (exact) mass is 311 g/mol. The lowest BCUT2D eigenvalue weighted by molar-refractivity contribution is -0.150. The van der Waals surface area contributed by atoms with Crippen molar-refractivity contribution >= 4 is 11.9 Å². The topological polar surface area (TPSA) is 75.6 Å². The van der Waals surface area contributed by atoms with E-state index in [9.17, 15) is 9.59 Å². The molecule has 23 heavy (non-hydrogen) atoms. The lowest BCUT2D eigenvalue weighted by Crippen LogP contribution is -2.29. The number of hydrogen-bond acceptors (Lipinski definition) is 3. The average molecular weight is 311 g/mol. The average Bonchev–Trinajstić information content (AvgIpc) is 2.59. The predicted octanol–water partition coefficient (Wildman–Crippen LogP) is 2.38. The molecule has 1 heterocycles. The van der Waals surface area contributed by atoms with Crippen LogP contribution in [0.5, 0.6) is 5.75 Å². The maximum Gasteiger partial charge on any atom is 0.394 e. The van der Waals surface area contributed by atoms with Crippen molar-refractivity contribution in [3.8, 4) is 16.9 Å². The van der Waals surface area contributed by atoms with E-state index < -0.39 is 11.9 Å². The van der Waals surface area contributed by atoms with E-state index in [1.165, 1.54) is 5.56 Å². The SMILES string of the molecule is O=C(O)C(=O)NCc1ccc(-c2ccc3c(c2)CCCO3)cc1. The number of benzene rings is 2. The molecular formula is C18H17NO4. The Bertz CT molecular complexity index is 737. The maximum atomic E-state index is 11.0. The Kier molecular flexibility index (Phi) is 4.28. The van der Waals surface area contributed by atoms with Gasteiger partial charge in [-0.2, -0.15) is 0 Å². The van der Waals surface area contributed by atoms with Crippen LogP contribution in [-0.2, 0) is 22.6 Å². The van der Waals surface area contributed by atoms with Gasteiger partial charge in [-0.15, -0.1) is 0 Å². The molecule has 0 bridgehead atoms. The first kappa shape index (κ1) is 15.1. The van der Waals surface area contributed by atoms with E-state index in [-0.39, 0.29) is 6.54 Å². The summed E-state index contributed by atoms with van der Waals surface area (Å²) >= 11 is 0. The van der Waals surface area contributed by atoms with Crippen LogP contribution in [0.1, 0.15) is 17.5 Å². The molecule has 1 amide bonds. The molecule has 0 saturated heterocycles. The van der Waals surface area contributed by atoms with Gasteiger partial charge in [-0.05, 0) is 47.2 Å². The number of carbonyl (C=O) groups excluding carboxylic acids is 1. The molecule has 2 aromatic rings. The van der Waals surface area contributed by atoms with Gasteiger partial charge in [0.1, 0.15) is 5.75 Å². The number of amides is 1. The highest BCUT2D eigenvalue weighted by Gasteiger charge is 2.12. The van der Waals surface area contributed by atoms with Gasteiger partial charge in [-0.3, -0.25) is 4.79 Å². The Morgan fingerprint density at radius 2 is 1.83 bits per heavy atom. The second-order valence-electron chi connectivity index (χ2n) is 5.46. The second kappa shape index (κ2) is 6.52. The molecule has 2 N–H and O–H groups in total. The van der Waals surface area contributed by atoms with Crippen LogP contribution in [0.2, 0.25) is 0 Å². The fourth-order valence-corrected chi connectivity index (χ4v) is 2.61. The third-order valence-corrected chi connectivity index (χ3v) is 3.84. The van der Waals surface area contributed by atoms with Crippen molar-refractivity contribution in [1.82, 2.24) is 5.32 Å². The predicted molar refractivity (Wildman–Crippen MR) is 85.2 cm³/mol. The van der Waals surface area contributed by atoms with Crippen molar-refractivity contribution in [2.24, 2.45) is 0 Å². The van der Waals surface area contributed by atoms with Gasteiger partial charge in [-0.25, -0.2) is 4.79 Å². The van der Waals surface area contributed by atoms with Crippen LogP contribution in [0.4, 0.5) is 0 Å². The summed E-state index contributed by atoms with van der Waals surface area (Å²) in [7, 11) is 0. The second-order valence-corrected chi connectivity index (χ2v) is 5.46. The number of aliphatic carboxylic acids is 1. The summed E-state index contributed by atoms with van der Waals surface area (Å²) in [6.45, 7) is 0.979. The number of nitrogens with one attached hydrogen (secondary N) is 1. The van der Waals surface area contributed by atoms with Gasteiger partial charge in [-0.1, -0.05) is 30.3 Å². The lowest BCUT2D eigenvalue weighted by Gasteiger charge is -2.18. The molecule has 2 aromatic carbocycles. The molecule has 0 aromatic heterocycles. The number of ether oxygens (including phenoxy) is 1. The summed E-state index contributed by atoms with van der Waals surface area (Å²) < 4.78 is 5.62. The first-order chi connectivity index (χ1) is 11.1. The van der Waals surface area contributed by atoms with Gasteiger partial charge in [0.25, 0.3) is 0 Å². The van der Waals surface area contributed by atoms with E-state index in [2.05, 4.69) is 11.4 Å². The quantitative estimate of drug-likeness (QED) is 0.853. The molecule has 3 rings (SSSR count). The molecule has 5 heteroatoms. The Hall–Kier alpha value is -2.82. The van der Waals surface area contributed by atoms with Gasteiger partial charge in [0, 0.05) is 6.54 Å². The molecular weight excluding hydrogens is 294 g/mol. The van der Waals surface area contributed by atoms with Crippen LogP contribution in [0.3, 0.4) is 0 Å². The molecule has 0 atom stereocenters. The van der Waals surface area contributed by atoms with E-state index in [1.807, 2.05) is 36.4 Å². The number of hydrogen-bond donors (Lipinski definition) is 2. The van der Waals surface area contributed by atoms with E-state index in [1.54, 1.807) is 0 Å². The summed E-state index contributed by atoms with van der Waals surface area (Å²) in [5.41, 5.74) is 4.28. The number of carbonyl (C=O) groups is 2. The number of fused-ring (bicyclic) bond motifs is 1. The van der Waals surface area contributed by atoms with Gasteiger partial charge in [0.2, 0.25) is 0 Å². The number of rotatable bonds is 3. The Balaban J connectivity index is 1.72. The normalized spacial score (nSPS) is 12.9. The minimum absolute atomic E-state index is 0.198. The van der Waals surface area contributed by atoms with Crippen molar-refractivity contribution in [2.75, 3.05) is 6.61 Å². The standard InChI is InChI=1S/C18H17NO4/c20-17(18(21)22)19-11-12-3-5-13(6-4-12)14-7-8-16-15(10-14)2-1-9-23-16/h3-8,10H,1-2,9,11H2,(H,19,20)(H,21,22). The molecule has 1 aliphatic heterocycles. The van der Waals surface area contributed by atoms with Crippen LogP contribution < -0.4 is 10.1 Å². The molecule has 0 fully saturated rings. The fraction of sp³-hybridized carbons (Fsp3) is 0.222. The maximum absolute atomic E-state index is 11.0. The lowest BCUT2D eigenvalue weighted by atomic mass is 9.98. The summed E-state index contributed by atoms with van der Waals surface area (Å²) in [6, 6.07) is 13.9. The Morgan fingerprint density at radius 3 is 2.57 bits per heavy atom. The van der Waals surface area contributed by atoms with Crippen LogP contribution in [0, 0.1) is 0 Å². The Labute approximate surface area is 133 Å². The molecule has 0 spiro atoms. The number of carboxylic acid groups (broad SMARTS) is 1. The molecule has 0 radical (unpaired) electrons.